The number of hydrogen-bond acceptors (Lipinski definition) is 3. The Labute approximate surface area is 122 Å². The molecule has 0 spiro atoms. The molecule has 0 aromatic heterocycles. The normalized spacial score (nSPS) is 24.9. The van der Waals surface area contributed by atoms with Crippen LogP contribution in [0.5, 0.6) is 0 Å². The zero-order chi connectivity index (χ0) is 14.2. The number of benzene rings is 1. The van der Waals surface area contributed by atoms with Crippen LogP contribution in [0.2, 0.25) is 0 Å². The number of anilines is 1. The first-order valence-electron chi connectivity index (χ1n) is 6.45. The summed E-state index contributed by atoms with van der Waals surface area (Å²) in [5.41, 5.74) is 7.82. The Morgan fingerprint density at radius 2 is 2.16 bits per heavy atom. The number of rotatable bonds is 2. The van der Waals surface area contributed by atoms with Crippen LogP contribution in [-0.2, 0) is 4.79 Å². The summed E-state index contributed by atoms with van der Waals surface area (Å²) in [6, 6.07) is 6.06. The lowest BCUT2D eigenvalue weighted by Gasteiger charge is -2.42. The molecule has 104 valence electrons. The van der Waals surface area contributed by atoms with E-state index in [1.54, 1.807) is 0 Å². The number of hydrogen-bond donors (Lipinski definition) is 1. The van der Waals surface area contributed by atoms with Crippen molar-refractivity contribution in [1.29, 1.82) is 0 Å². The Morgan fingerprint density at radius 1 is 1.47 bits per heavy atom. The Kier molecular flexibility index (Phi) is 4.28. The Bertz CT molecular complexity index is 492. The van der Waals surface area contributed by atoms with Crippen LogP contribution in [0.15, 0.2) is 22.7 Å². The summed E-state index contributed by atoms with van der Waals surface area (Å²) in [5.74, 6) is 0.0878. The maximum Gasteiger partial charge on any atom is 0.245 e. The molecule has 0 bridgehead atoms. The number of likely N-dealkylation sites (N-methyl/N-ethyl adjacent to an activating group) is 1. The predicted molar refractivity (Wildman–Crippen MR) is 81.3 cm³/mol. The first kappa shape index (κ1) is 14.5. The number of carbonyl (C=O) groups is 1. The van der Waals surface area contributed by atoms with Gasteiger partial charge in [0, 0.05) is 29.3 Å². The zero-order valence-electron chi connectivity index (χ0n) is 11.6. The molecule has 2 N–H and O–H groups in total. The van der Waals surface area contributed by atoms with Gasteiger partial charge in [0.05, 0.1) is 0 Å². The van der Waals surface area contributed by atoms with Crippen LogP contribution in [0.4, 0.5) is 5.69 Å². The fraction of sp³-hybridized carbons (Fsp3) is 0.500. The fourth-order valence-corrected chi connectivity index (χ4v) is 2.69. The van der Waals surface area contributed by atoms with E-state index in [1.165, 1.54) is 0 Å². The van der Waals surface area contributed by atoms with E-state index in [4.69, 9.17) is 5.73 Å². The van der Waals surface area contributed by atoms with Crippen molar-refractivity contribution < 1.29 is 4.79 Å². The standard InChI is InChI=1S/C14H20BrN3O/c1-9-6-11(4-5-12(9)15)18-8-10(2)17(3)13(7-16)14(18)19/h4-6,10,13H,7-8,16H2,1-3H3. The Morgan fingerprint density at radius 3 is 2.74 bits per heavy atom. The Balaban J connectivity index is 2.33. The molecule has 0 radical (unpaired) electrons. The molecule has 1 aliphatic rings. The van der Waals surface area contributed by atoms with E-state index in [-0.39, 0.29) is 11.9 Å². The van der Waals surface area contributed by atoms with Crippen molar-refractivity contribution in [1.82, 2.24) is 4.90 Å². The lowest BCUT2D eigenvalue weighted by atomic mass is 10.1. The van der Waals surface area contributed by atoms with Crippen LogP contribution >= 0.6 is 15.9 Å². The van der Waals surface area contributed by atoms with E-state index >= 15 is 0 Å². The second kappa shape index (κ2) is 5.61. The molecule has 0 aliphatic carbocycles. The lowest BCUT2D eigenvalue weighted by Crippen LogP contribution is -2.62. The van der Waals surface area contributed by atoms with E-state index in [0.29, 0.717) is 19.1 Å². The zero-order valence-corrected chi connectivity index (χ0v) is 13.1. The van der Waals surface area contributed by atoms with Gasteiger partial charge in [0.15, 0.2) is 0 Å². The highest BCUT2D eigenvalue weighted by Gasteiger charge is 2.36. The summed E-state index contributed by atoms with van der Waals surface area (Å²) in [7, 11) is 1.96. The number of nitrogens with zero attached hydrogens (tertiary/aromatic N) is 2. The van der Waals surface area contributed by atoms with Gasteiger partial charge in [0.2, 0.25) is 5.91 Å². The van der Waals surface area contributed by atoms with Gasteiger partial charge < -0.3 is 10.6 Å². The molecule has 2 atom stereocenters. The molecule has 4 nitrogen and oxygen atoms in total. The number of aryl methyl sites for hydroxylation is 1. The van der Waals surface area contributed by atoms with Gasteiger partial charge in [-0.15, -0.1) is 0 Å². The van der Waals surface area contributed by atoms with Crippen LogP contribution in [-0.4, -0.2) is 43.0 Å². The molecule has 2 unspecified atom stereocenters. The average molecular weight is 326 g/mol. The monoisotopic (exact) mass is 325 g/mol. The molecule has 1 aromatic carbocycles. The fourth-order valence-electron chi connectivity index (χ4n) is 2.44. The van der Waals surface area contributed by atoms with Gasteiger partial charge in [-0.1, -0.05) is 15.9 Å². The molecule has 1 aromatic rings. The molecule has 1 amide bonds. The quantitative estimate of drug-likeness (QED) is 0.901. The highest BCUT2D eigenvalue weighted by atomic mass is 79.9. The first-order valence-corrected chi connectivity index (χ1v) is 7.24. The summed E-state index contributed by atoms with van der Waals surface area (Å²) >= 11 is 3.48. The number of amides is 1. The van der Waals surface area contributed by atoms with Crippen LogP contribution in [0.25, 0.3) is 0 Å². The average Bonchev–Trinajstić information content (AvgIpc) is 2.38. The van der Waals surface area contributed by atoms with E-state index in [0.717, 1.165) is 15.7 Å². The van der Waals surface area contributed by atoms with E-state index in [2.05, 4.69) is 27.8 Å². The number of nitrogens with two attached hydrogens (primary N) is 1. The van der Waals surface area contributed by atoms with Crippen molar-refractivity contribution in [2.24, 2.45) is 5.73 Å². The van der Waals surface area contributed by atoms with E-state index < -0.39 is 0 Å². The van der Waals surface area contributed by atoms with Crippen molar-refractivity contribution in [2.75, 3.05) is 25.0 Å². The largest absolute Gasteiger partial charge is 0.328 e. The number of halogens is 1. The van der Waals surface area contributed by atoms with Crippen LogP contribution in [0, 0.1) is 6.92 Å². The maximum absolute atomic E-state index is 12.5. The van der Waals surface area contributed by atoms with Crippen LogP contribution in [0.1, 0.15) is 12.5 Å². The summed E-state index contributed by atoms with van der Waals surface area (Å²) < 4.78 is 1.06. The second-order valence-corrected chi connectivity index (χ2v) is 6.00. The third kappa shape index (κ3) is 2.68. The van der Waals surface area contributed by atoms with E-state index in [1.807, 2.05) is 37.1 Å². The van der Waals surface area contributed by atoms with Crippen LogP contribution < -0.4 is 10.6 Å². The summed E-state index contributed by atoms with van der Waals surface area (Å²) in [4.78, 5) is 16.4. The number of piperazine rings is 1. The van der Waals surface area contributed by atoms with Gasteiger partial charge in [0.1, 0.15) is 6.04 Å². The minimum atomic E-state index is -0.229. The van der Waals surface area contributed by atoms with Gasteiger partial charge in [0.25, 0.3) is 0 Å². The summed E-state index contributed by atoms with van der Waals surface area (Å²) in [6.07, 6.45) is 0. The highest BCUT2D eigenvalue weighted by molar-refractivity contribution is 9.10. The first-order chi connectivity index (χ1) is 8.95. The van der Waals surface area contributed by atoms with E-state index in [9.17, 15) is 4.79 Å². The SMILES string of the molecule is Cc1cc(N2CC(C)N(C)C(CN)C2=O)ccc1Br. The van der Waals surface area contributed by atoms with Crippen LogP contribution in [0.3, 0.4) is 0 Å². The predicted octanol–water partition coefficient (Wildman–Crippen LogP) is 1.75. The molecule has 19 heavy (non-hydrogen) atoms. The minimum Gasteiger partial charge on any atom is -0.328 e. The third-order valence-electron chi connectivity index (χ3n) is 3.86. The molecule has 1 heterocycles. The van der Waals surface area contributed by atoms with Crippen molar-refractivity contribution in [3.8, 4) is 0 Å². The molecule has 1 fully saturated rings. The van der Waals surface area contributed by atoms with Crippen molar-refractivity contribution in [2.45, 2.75) is 25.9 Å². The maximum atomic E-state index is 12.5. The summed E-state index contributed by atoms with van der Waals surface area (Å²) in [5, 5.41) is 0. The van der Waals surface area contributed by atoms with Gasteiger partial charge >= 0.3 is 0 Å². The van der Waals surface area contributed by atoms with Gasteiger partial charge in [-0.2, -0.15) is 0 Å². The topological polar surface area (TPSA) is 49.6 Å². The second-order valence-electron chi connectivity index (χ2n) is 5.15. The highest BCUT2D eigenvalue weighted by Crippen LogP contribution is 2.26. The van der Waals surface area contributed by atoms with Crippen molar-refractivity contribution in [3.05, 3.63) is 28.2 Å². The molecule has 1 saturated heterocycles. The molecule has 1 aliphatic heterocycles. The molecule has 5 heteroatoms. The molecule has 2 rings (SSSR count). The lowest BCUT2D eigenvalue weighted by molar-refractivity contribution is -0.126. The van der Waals surface area contributed by atoms with Gasteiger partial charge in [-0.3, -0.25) is 9.69 Å². The Hall–Kier alpha value is -0.910. The molecular formula is C14H20BrN3O. The van der Waals surface area contributed by atoms with Gasteiger partial charge in [-0.25, -0.2) is 0 Å². The number of carbonyl (C=O) groups excluding carboxylic acids is 1. The van der Waals surface area contributed by atoms with Crippen molar-refractivity contribution in [3.63, 3.8) is 0 Å². The minimum absolute atomic E-state index is 0.0878. The molecular weight excluding hydrogens is 306 g/mol. The van der Waals surface area contributed by atoms with Gasteiger partial charge in [-0.05, 0) is 44.7 Å². The smallest absolute Gasteiger partial charge is 0.245 e. The third-order valence-corrected chi connectivity index (χ3v) is 4.75. The summed E-state index contributed by atoms with van der Waals surface area (Å²) in [6.45, 7) is 5.20. The molecule has 0 saturated carbocycles. The van der Waals surface area contributed by atoms with Crippen molar-refractivity contribution >= 4 is 27.5 Å².